The lowest BCUT2D eigenvalue weighted by molar-refractivity contribution is 0.244. The van der Waals surface area contributed by atoms with Crippen LogP contribution in [0.5, 0.6) is 0 Å². The molecule has 0 aliphatic rings. The molecule has 20 heavy (non-hydrogen) atoms. The predicted octanol–water partition coefficient (Wildman–Crippen LogP) is 4.71. The Labute approximate surface area is 141 Å². The molecule has 1 aromatic heterocycles. The molecule has 0 saturated heterocycles. The van der Waals surface area contributed by atoms with E-state index in [4.69, 9.17) is 5.73 Å². The van der Waals surface area contributed by atoms with Gasteiger partial charge < -0.3 is 5.73 Å². The van der Waals surface area contributed by atoms with E-state index in [1.54, 1.807) is 11.3 Å². The molecule has 0 amide bonds. The van der Waals surface area contributed by atoms with Crippen molar-refractivity contribution in [3.05, 3.63) is 54.6 Å². The number of hydrogen-bond acceptors (Lipinski definition) is 3. The standard InChI is InChI=1S/C15H18Br2N2S/c1-10-5-11(3-4-14(10)17)15(7-18)19(2)8-13-6-12(16)9-20-13/h3-6,9,15H,7-8,18H2,1-2H3. The van der Waals surface area contributed by atoms with Crippen molar-refractivity contribution in [2.45, 2.75) is 19.5 Å². The highest BCUT2D eigenvalue weighted by atomic mass is 79.9. The van der Waals surface area contributed by atoms with E-state index in [1.165, 1.54) is 16.0 Å². The monoisotopic (exact) mass is 416 g/mol. The second-order valence-corrected chi connectivity index (χ2v) is 7.67. The molecule has 0 aliphatic heterocycles. The zero-order valence-corrected chi connectivity index (χ0v) is 15.6. The lowest BCUT2D eigenvalue weighted by Gasteiger charge is -2.27. The van der Waals surface area contributed by atoms with Crippen LogP contribution >= 0.6 is 43.2 Å². The number of aryl methyl sites for hydroxylation is 1. The first-order chi connectivity index (χ1) is 9.51. The van der Waals surface area contributed by atoms with Crippen molar-refractivity contribution in [2.24, 2.45) is 5.73 Å². The molecule has 108 valence electrons. The number of rotatable bonds is 5. The van der Waals surface area contributed by atoms with Crippen LogP contribution in [0.2, 0.25) is 0 Å². The Kier molecular flexibility index (Phi) is 5.81. The Balaban J connectivity index is 2.16. The average molecular weight is 418 g/mol. The minimum Gasteiger partial charge on any atom is -0.329 e. The lowest BCUT2D eigenvalue weighted by Crippen LogP contribution is -2.30. The zero-order chi connectivity index (χ0) is 14.7. The van der Waals surface area contributed by atoms with Crippen LogP contribution in [-0.4, -0.2) is 18.5 Å². The van der Waals surface area contributed by atoms with E-state index in [2.05, 4.69) is 80.4 Å². The van der Waals surface area contributed by atoms with Crippen LogP contribution in [0.4, 0.5) is 0 Å². The van der Waals surface area contributed by atoms with Crippen molar-refractivity contribution in [3.63, 3.8) is 0 Å². The molecule has 2 rings (SSSR count). The van der Waals surface area contributed by atoms with E-state index in [-0.39, 0.29) is 6.04 Å². The fourth-order valence-electron chi connectivity index (χ4n) is 2.24. The predicted molar refractivity (Wildman–Crippen MR) is 94.2 cm³/mol. The number of nitrogens with zero attached hydrogens (tertiary/aromatic N) is 1. The molecule has 2 aromatic rings. The third-order valence-electron chi connectivity index (χ3n) is 3.35. The maximum atomic E-state index is 5.99. The molecule has 0 fully saturated rings. The molecule has 1 unspecified atom stereocenters. The minimum absolute atomic E-state index is 0.239. The quantitative estimate of drug-likeness (QED) is 0.762. The zero-order valence-electron chi connectivity index (χ0n) is 11.6. The first-order valence-electron chi connectivity index (χ1n) is 6.40. The van der Waals surface area contributed by atoms with Gasteiger partial charge in [0, 0.05) is 38.3 Å². The summed E-state index contributed by atoms with van der Waals surface area (Å²) in [5.41, 5.74) is 8.51. The molecular formula is C15H18Br2N2S. The van der Waals surface area contributed by atoms with Crippen molar-refractivity contribution < 1.29 is 0 Å². The minimum atomic E-state index is 0.239. The van der Waals surface area contributed by atoms with Crippen LogP contribution in [0.25, 0.3) is 0 Å². The van der Waals surface area contributed by atoms with Gasteiger partial charge in [0.05, 0.1) is 0 Å². The normalized spacial score (nSPS) is 12.9. The van der Waals surface area contributed by atoms with Gasteiger partial charge in [0.1, 0.15) is 0 Å². The molecule has 0 aliphatic carbocycles. The van der Waals surface area contributed by atoms with Gasteiger partial charge in [-0.1, -0.05) is 28.1 Å². The topological polar surface area (TPSA) is 29.3 Å². The molecule has 0 radical (unpaired) electrons. The molecule has 5 heteroatoms. The van der Waals surface area contributed by atoms with Gasteiger partial charge in [-0.15, -0.1) is 11.3 Å². The molecule has 1 aromatic carbocycles. The molecule has 2 N–H and O–H groups in total. The molecule has 1 heterocycles. The van der Waals surface area contributed by atoms with Crippen LogP contribution in [0, 0.1) is 6.92 Å². The Morgan fingerprint density at radius 3 is 2.60 bits per heavy atom. The van der Waals surface area contributed by atoms with E-state index in [0.29, 0.717) is 6.54 Å². The van der Waals surface area contributed by atoms with Gasteiger partial charge in [-0.3, -0.25) is 4.90 Å². The molecule has 2 nitrogen and oxygen atoms in total. The Bertz CT molecular complexity index is 583. The van der Waals surface area contributed by atoms with Crippen molar-refractivity contribution >= 4 is 43.2 Å². The van der Waals surface area contributed by atoms with E-state index in [0.717, 1.165) is 15.5 Å². The summed E-state index contributed by atoms with van der Waals surface area (Å²) < 4.78 is 2.29. The summed E-state index contributed by atoms with van der Waals surface area (Å²) in [7, 11) is 2.13. The van der Waals surface area contributed by atoms with Crippen molar-refractivity contribution in [2.75, 3.05) is 13.6 Å². The van der Waals surface area contributed by atoms with E-state index in [1.807, 2.05) is 0 Å². The summed E-state index contributed by atoms with van der Waals surface area (Å²) in [6.45, 7) is 3.63. The van der Waals surface area contributed by atoms with Crippen LogP contribution < -0.4 is 5.73 Å². The summed E-state index contributed by atoms with van der Waals surface area (Å²) in [6, 6.07) is 8.87. The number of nitrogens with two attached hydrogens (primary N) is 1. The van der Waals surface area contributed by atoms with Crippen LogP contribution in [0.3, 0.4) is 0 Å². The second-order valence-electron chi connectivity index (χ2n) is 4.91. The highest BCUT2D eigenvalue weighted by Crippen LogP contribution is 2.27. The largest absolute Gasteiger partial charge is 0.329 e. The van der Waals surface area contributed by atoms with E-state index in [9.17, 15) is 0 Å². The fourth-order valence-corrected chi connectivity index (χ4v) is 4.00. The number of hydrogen-bond donors (Lipinski definition) is 1. The number of likely N-dealkylation sites (N-methyl/N-ethyl adjacent to an activating group) is 1. The molecule has 0 spiro atoms. The van der Waals surface area contributed by atoms with Gasteiger partial charge in [-0.2, -0.15) is 0 Å². The molecule has 0 bridgehead atoms. The molecule has 0 saturated carbocycles. The first-order valence-corrected chi connectivity index (χ1v) is 8.87. The van der Waals surface area contributed by atoms with Gasteiger partial charge in [-0.25, -0.2) is 0 Å². The lowest BCUT2D eigenvalue weighted by atomic mass is 10.0. The number of thiophene rings is 1. The van der Waals surface area contributed by atoms with E-state index < -0.39 is 0 Å². The van der Waals surface area contributed by atoms with Gasteiger partial charge in [0.15, 0.2) is 0 Å². The maximum Gasteiger partial charge on any atom is 0.0471 e. The number of halogens is 2. The highest BCUT2D eigenvalue weighted by molar-refractivity contribution is 9.10. The summed E-state index contributed by atoms with van der Waals surface area (Å²) in [4.78, 5) is 3.65. The smallest absolute Gasteiger partial charge is 0.0471 e. The summed E-state index contributed by atoms with van der Waals surface area (Å²) >= 11 is 8.82. The highest BCUT2D eigenvalue weighted by Gasteiger charge is 2.17. The van der Waals surface area contributed by atoms with Crippen LogP contribution in [0.1, 0.15) is 22.0 Å². The van der Waals surface area contributed by atoms with Gasteiger partial charge in [-0.05, 0) is 53.2 Å². The van der Waals surface area contributed by atoms with Gasteiger partial charge in [0.2, 0.25) is 0 Å². The Hall–Kier alpha value is -0.200. The first kappa shape index (κ1) is 16.2. The van der Waals surface area contributed by atoms with Crippen LogP contribution in [0.15, 0.2) is 38.6 Å². The fraction of sp³-hybridized carbons (Fsp3) is 0.333. The maximum absolute atomic E-state index is 5.99. The summed E-state index contributed by atoms with van der Waals surface area (Å²) in [5, 5.41) is 2.12. The number of benzene rings is 1. The Morgan fingerprint density at radius 2 is 2.05 bits per heavy atom. The van der Waals surface area contributed by atoms with Crippen LogP contribution in [-0.2, 0) is 6.54 Å². The second kappa shape index (κ2) is 7.18. The third-order valence-corrected chi connectivity index (χ3v) is 5.92. The Morgan fingerprint density at radius 1 is 1.30 bits per heavy atom. The molecular weight excluding hydrogens is 400 g/mol. The molecule has 1 atom stereocenters. The van der Waals surface area contributed by atoms with Gasteiger partial charge in [0.25, 0.3) is 0 Å². The van der Waals surface area contributed by atoms with Crippen molar-refractivity contribution in [1.82, 2.24) is 4.90 Å². The van der Waals surface area contributed by atoms with Crippen molar-refractivity contribution in [3.8, 4) is 0 Å². The third kappa shape index (κ3) is 3.92. The average Bonchev–Trinajstić information content (AvgIpc) is 2.80. The summed E-state index contributed by atoms with van der Waals surface area (Å²) in [6.07, 6.45) is 0. The SMILES string of the molecule is Cc1cc(C(CN)N(C)Cc2cc(Br)cs2)ccc1Br. The van der Waals surface area contributed by atoms with Crippen molar-refractivity contribution in [1.29, 1.82) is 0 Å². The van der Waals surface area contributed by atoms with Gasteiger partial charge >= 0.3 is 0 Å². The van der Waals surface area contributed by atoms with E-state index >= 15 is 0 Å². The summed E-state index contributed by atoms with van der Waals surface area (Å²) in [5.74, 6) is 0.